The normalized spacial score (nSPS) is 10.3. The van der Waals surface area contributed by atoms with Crippen molar-refractivity contribution in [1.29, 1.82) is 0 Å². The van der Waals surface area contributed by atoms with Gasteiger partial charge in [0.1, 0.15) is 0 Å². The minimum absolute atomic E-state index is 0.100. The van der Waals surface area contributed by atoms with Crippen LogP contribution in [0.5, 0.6) is 0 Å². The van der Waals surface area contributed by atoms with Crippen molar-refractivity contribution in [1.82, 2.24) is 9.97 Å². The number of hydrogen-bond donors (Lipinski definition) is 1. The Balaban J connectivity index is 2.65. The minimum Gasteiger partial charge on any atom is -0.313 e. The van der Waals surface area contributed by atoms with Gasteiger partial charge in [0.25, 0.3) is 5.56 Å². The zero-order valence-electron chi connectivity index (χ0n) is 8.74. The molecule has 0 aliphatic carbocycles. The number of aromatic nitrogens is 2. The Bertz CT molecular complexity index is 543. The van der Waals surface area contributed by atoms with Crippen molar-refractivity contribution in [3.8, 4) is 11.1 Å². The molecular weight excluding hydrogens is 188 g/mol. The van der Waals surface area contributed by atoms with Crippen LogP contribution >= 0.6 is 0 Å². The maximum atomic E-state index is 11.6. The third-order valence-electron chi connectivity index (χ3n) is 2.39. The summed E-state index contributed by atoms with van der Waals surface area (Å²) in [6, 6.07) is 6.01. The highest BCUT2D eigenvalue weighted by molar-refractivity contribution is 5.65. The number of H-pyrrole nitrogens is 1. The Morgan fingerprint density at radius 3 is 2.67 bits per heavy atom. The number of benzene rings is 1. The summed E-state index contributed by atoms with van der Waals surface area (Å²) in [5.41, 5.74) is 3.74. The summed E-state index contributed by atoms with van der Waals surface area (Å²) in [5.74, 6) is 0. The van der Waals surface area contributed by atoms with Crippen molar-refractivity contribution in [3.63, 3.8) is 0 Å². The molecule has 76 valence electrons. The first-order valence-corrected chi connectivity index (χ1v) is 4.79. The molecule has 0 fully saturated rings. The van der Waals surface area contributed by atoms with Crippen molar-refractivity contribution in [2.45, 2.75) is 13.8 Å². The summed E-state index contributed by atoms with van der Waals surface area (Å²) in [7, 11) is 0. The van der Waals surface area contributed by atoms with Gasteiger partial charge < -0.3 is 4.98 Å². The second-order valence-electron chi connectivity index (χ2n) is 3.61. The van der Waals surface area contributed by atoms with Crippen LogP contribution in [0.2, 0.25) is 0 Å². The molecule has 0 spiro atoms. The highest BCUT2D eigenvalue weighted by Gasteiger charge is 2.05. The fourth-order valence-electron chi connectivity index (χ4n) is 1.65. The van der Waals surface area contributed by atoms with E-state index in [9.17, 15) is 4.79 Å². The first-order chi connectivity index (χ1) is 7.18. The lowest BCUT2D eigenvalue weighted by molar-refractivity contribution is 1.12. The molecule has 2 rings (SSSR count). The van der Waals surface area contributed by atoms with Crippen LogP contribution in [0.3, 0.4) is 0 Å². The minimum atomic E-state index is -0.100. The topological polar surface area (TPSA) is 45.8 Å². The fraction of sp³-hybridized carbons (Fsp3) is 0.167. The van der Waals surface area contributed by atoms with Crippen molar-refractivity contribution in [3.05, 3.63) is 52.2 Å². The third kappa shape index (κ3) is 1.81. The average molecular weight is 200 g/mol. The molecule has 1 heterocycles. The van der Waals surface area contributed by atoms with Gasteiger partial charge in [-0.15, -0.1) is 0 Å². The number of nitrogens with one attached hydrogen (secondary N) is 1. The summed E-state index contributed by atoms with van der Waals surface area (Å²) in [6.07, 6.45) is 2.99. The molecule has 0 aliphatic rings. The molecule has 0 unspecified atom stereocenters. The second-order valence-corrected chi connectivity index (χ2v) is 3.61. The SMILES string of the molecule is Cc1ccc(-c2cnc[nH]c2=O)c(C)c1. The van der Waals surface area contributed by atoms with Crippen molar-refractivity contribution >= 4 is 0 Å². The van der Waals surface area contributed by atoms with Gasteiger partial charge in [-0.05, 0) is 25.0 Å². The van der Waals surface area contributed by atoms with Gasteiger partial charge in [0, 0.05) is 6.20 Å². The number of hydrogen-bond acceptors (Lipinski definition) is 2. The molecule has 0 atom stereocenters. The molecule has 0 radical (unpaired) electrons. The predicted molar refractivity (Wildman–Crippen MR) is 59.8 cm³/mol. The molecule has 2 aromatic rings. The predicted octanol–water partition coefficient (Wildman–Crippen LogP) is 2.05. The number of nitrogens with zero attached hydrogens (tertiary/aromatic N) is 1. The summed E-state index contributed by atoms with van der Waals surface area (Å²) >= 11 is 0. The molecule has 0 bridgehead atoms. The Hall–Kier alpha value is -1.90. The van der Waals surface area contributed by atoms with E-state index >= 15 is 0 Å². The average Bonchev–Trinajstić information content (AvgIpc) is 2.20. The van der Waals surface area contributed by atoms with E-state index in [1.165, 1.54) is 11.9 Å². The van der Waals surface area contributed by atoms with Crippen LogP contribution in [0, 0.1) is 13.8 Å². The van der Waals surface area contributed by atoms with Gasteiger partial charge in [-0.2, -0.15) is 0 Å². The van der Waals surface area contributed by atoms with Crippen LogP contribution in [0.25, 0.3) is 11.1 Å². The van der Waals surface area contributed by atoms with Crippen molar-refractivity contribution < 1.29 is 0 Å². The molecule has 3 nitrogen and oxygen atoms in total. The second kappa shape index (κ2) is 3.69. The molecule has 0 aliphatic heterocycles. The van der Waals surface area contributed by atoms with Gasteiger partial charge in [-0.25, -0.2) is 4.98 Å². The number of aryl methyl sites for hydroxylation is 2. The third-order valence-corrected chi connectivity index (χ3v) is 2.39. The van der Waals surface area contributed by atoms with Crippen LogP contribution in [-0.4, -0.2) is 9.97 Å². The molecule has 1 N–H and O–H groups in total. The standard InChI is InChI=1S/C12H12N2O/c1-8-3-4-10(9(2)5-8)11-6-13-7-14-12(11)15/h3-7H,1-2H3,(H,13,14,15). The van der Waals surface area contributed by atoms with E-state index in [4.69, 9.17) is 0 Å². The van der Waals surface area contributed by atoms with Gasteiger partial charge in [0.2, 0.25) is 0 Å². The van der Waals surface area contributed by atoms with Crippen LogP contribution in [0.1, 0.15) is 11.1 Å². The molecule has 0 amide bonds. The largest absolute Gasteiger partial charge is 0.313 e. The first kappa shape index (κ1) is 9.65. The quantitative estimate of drug-likeness (QED) is 0.765. The van der Waals surface area contributed by atoms with Crippen LogP contribution in [-0.2, 0) is 0 Å². The Morgan fingerprint density at radius 1 is 1.20 bits per heavy atom. The summed E-state index contributed by atoms with van der Waals surface area (Å²) in [5, 5.41) is 0. The van der Waals surface area contributed by atoms with Crippen LogP contribution in [0.15, 0.2) is 35.5 Å². The zero-order valence-corrected chi connectivity index (χ0v) is 8.74. The molecule has 0 saturated heterocycles. The van der Waals surface area contributed by atoms with Crippen molar-refractivity contribution in [2.24, 2.45) is 0 Å². The first-order valence-electron chi connectivity index (χ1n) is 4.79. The maximum absolute atomic E-state index is 11.6. The van der Waals surface area contributed by atoms with Gasteiger partial charge in [0.15, 0.2) is 0 Å². The zero-order chi connectivity index (χ0) is 10.8. The van der Waals surface area contributed by atoms with E-state index in [0.717, 1.165) is 11.1 Å². The van der Waals surface area contributed by atoms with Gasteiger partial charge in [-0.1, -0.05) is 23.8 Å². The summed E-state index contributed by atoms with van der Waals surface area (Å²) < 4.78 is 0. The highest BCUT2D eigenvalue weighted by atomic mass is 16.1. The Kier molecular flexibility index (Phi) is 2.37. The smallest absolute Gasteiger partial charge is 0.258 e. The molecule has 15 heavy (non-hydrogen) atoms. The van der Waals surface area contributed by atoms with Gasteiger partial charge in [0.05, 0.1) is 11.9 Å². The molecule has 1 aromatic carbocycles. The monoisotopic (exact) mass is 200 g/mol. The lowest BCUT2D eigenvalue weighted by Gasteiger charge is -2.05. The van der Waals surface area contributed by atoms with E-state index in [2.05, 4.69) is 16.0 Å². The summed E-state index contributed by atoms with van der Waals surface area (Å²) in [4.78, 5) is 18.1. The van der Waals surface area contributed by atoms with E-state index in [0.29, 0.717) is 5.56 Å². The number of rotatable bonds is 1. The Morgan fingerprint density at radius 2 is 2.00 bits per heavy atom. The van der Waals surface area contributed by atoms with Gasteiger partial charge >= 0.3 is 0 Å². The molecule has 0 saturated carbocycles. The summed E-state index contributed by atoms with van der Waals surface area (Å²) in [6.45, 7) is 4.03. The lowest BCUT2D eigenvalue weighted by atomic mass is 10.0. The van der Waals surface area contributed by atoms with Crippen molar-refractivity contribution in [2.75, 3.05) is 0 Å². The Labute approximate surface area is 87.8 Å². The molecule has 1 aromatic heterocycles. The van der Waals surface area contributed by atoms with E-state index in [1.54, 1.807) is 6.20 Å². The van der Waals surface area contributed by atoms with E-state index in [-0.39, 0.29) is 5.56 Å². The highest BCUT2D eigenvalue weighted by Crippen LogP contribution is 2.19. The van der Waals surface area contributed by atoms with E-state index < -0.39 is 0 Å². The number of aromatic amines is 1. The van der Waals surface area contributed by atoms with Gasteiger partial charge in [-0.3, -0.25) is 4.79 Å². The lowest BCUT2D eigenvalue weighted by Crippen LogP contribution is -2.09. The maximum Gasteiger partial charge on any atom is 0.258 e. The fourth-order valence-corrected chi connectivity index (χ4v) is 1.65. The molecule has 3 heteroatoms. The van der Waals surface area contributed by atoms with Crippen LogP contribution in [0.4, 0.5) is 0 Å². The van der Waals surface area contributed by atoms with E-state index in [1.807, 2.05) is 26.0 Å². The van der Waals surface area contributed by atoms with Crippen LogP contribution < -0.4 is 5.56 Å². The molecular formula is C12H12N2O.